The van der Waals surface area contributed by atoms with E-state index >= 15 is 0 Å². The summed E-state index contributed by atoms with van der Waals surface area (Å²) in [6.07, 6.45) is -5.44. The molecule has 1 aliphatic rings. The Bertz CT molecular complexity index is 163. The fourth-order valence-corrected chi connectivity index (χ4v) is 0.844. The second kappa shape index (κ2) is 1.87. The van der Waals surface area contributed by atoms with Gasteiger partial charge in [-0.25, -0.2) is 0 Å². The SMILES string of the molecule is CC1OC(=O)C1C(F)(F)F. The van der Waals surface area contributed by atoms with E-state index in [2.05, 4.69) is 4.74 Å². The van der Waals surface area contributed by atoms with E-state index in [9.17, 15) is 18.0 Å². The van der Waals surface area contributed by atoms with Crippen LogP contribution in [0.4, 0.5) is 13.2 Å². The van der Waals surface area contributed by atoms with Crippen LogP contribution in [0.2, 0.25) is 0 Å². The molecule has 0 aliphatic carbocycles. The van der Waals surface area contributed by atoms with E-state index in [1.165, 1.54) is 6.92 Å². The molecule has 10 heavy (non-hydrogen) atoms. The first-order valence-corrected chi connectivity index (χ1v) is 2.70. The van der Waals surface area contributed by atoms with E-state index in [1.54, 1.807) is 0 Å². The lowest BCUT2D eigenvalue weighted by molar-refractivity contribution is -0.251. The highest BCUT2D eigenvalue weighted by atomic mass is 19.4. The number of cyclic esters (lactones) is 1. The van der Waals surface area contributed by atoms with Crippen molar-refractivity contribution in [2.24, 2.45) is 5.92 Å². The predicted molar refractivity (Wildman–Crippen MR) is 25.1 cm³/mol. The summed E-state index contributed by atoms with van der Waals surface area (Å²) in [5.41, 5.74) is 0. The second-order valence-electron chi connectivity index (χ2n) is 2.16. The molecule has 1 heterocycles. The Labute approximate surface area is 55.0 Å². The normalized spacial score (nSPS) is 33.0. The van der Waals surface area contributed by atoms with E-state index in [0.29, 0.717) is 0 Å². The first-order valence-electron chi connectivity index (χ1n) is 2.70. The molecule has 2 unspecified atom stereocenters. The minimum atomic E-state index is -4.44. The van der Waals surface area contributed by atoms with Gasteiger partial charge in [0.05, 0.1) is 0 Å². The molecule has 2 nitrogen and oxygen atoms in total. The van der Waals surface area contributed by atoms with Gasteiger partial charge in [-0.3, -0.25) is 4.79 Å². The van der Waals surface area contributed by atoms with Gasteiger partial charge in [-0.15, -0.1) is 0 Å². The highest BCUT2D eigenvalue weighted by Gasteiger charge is 2.57. The maximum absolute atomic E-state index is 11.7. The van der Waals surface area contributed by atoms with Crippen molar-refractivity contribution in [3.8, 4) is 0 Å². The summed E-state index contributed by atoms with van der Waals surface area (Å²) in [6.45, 7) is 1.22. The van der Waals surface area contributed by atoms with Crippen LogP contribution in [0.5, 0.6) is 0 Å². The zero-order valence-corrected chi connectivity index (χ0v) is 5.11. The van der Waals surface area contributed by atoms with E-state index in [-0.39, 0.29) is 0 Å². The van der Waals surface area contributed by atoms with Crippen LogP contribution in [0.1, 0.15) is 6.92 Å². The molecule has 1 rings (SSSR count). The van der Waals surface area contributed by atoms with E-state index in [4.69, 9.17) is 0 Å². The molecule has 0 spiro atoms. The van der Waals surface area contributed by atoms with Gasteiger partial charge in [0.15, 0.2) is 5.92 Å². The van der Waals surface area contributed by atoms with Crippen molar-refractivity contribution >= 4 is 5.97 Å². The van der Waals surface area contributed by atoms with E-state index < -0.39 is 24.2 Å². The van der Waals surface area contributed by atoms with Crippen LogP contribution in [0.25, 0.3) is 0 Å². The first-order chi connectivity index (χ1) is 4.43. The van der Waals surface area contributed by atoms with Gasteiger partial charge in [0.1, 0.15) is 6.10 Å². The lowest BCUT2D eigenvalue weighted by Crippen LogP contribution is -2.51. The Morgan fingerprint density at radius 1 is 1.50 bits per heavy atom. The summed E-state index contributed by atoms with van der Waals surface area (Å²) in [6, 6.07) is 0. The summed E-state index contributed by atoms with van der Waals surface area (Å²) in [7, 11) is 0. The Balaban J connectivity index is 2.64. The van der Waals surface area contributed by atoms with Crippen molar-refractivity contribution in [2.45, 2.75) is 19.2 Å². The Kier molecular flexibility index (Phi) is 1.38. The maximum Gasteiger partial charge on any atom is 0.405 e. The van der Waals surface area contributed by atoms with Crippen molar-refractivity contribution in [3.05, 3.63) is 0 Å². The van der Waals surface area contributed by atoms with Gasteiger partial charge in [-0.05, 0) is 6.92 Å². The van der Waals surface area contributed by atoms with Crippen LogP contribution in [-0.4, -0.2) is 18.2 Å². The number of esters is 1. The highest BCUT2D eigenvalue weighted by molar-refractivity contribution is 5.79. The predicted octanol–water partition coefficient (Wildman–Crippen LogP) is 1.11. The third-order valence-electron chi connectivity index (χ3n) is 1.38. The van der Waals surface area contributed by atoms with Crippen LogP contribution in [0.3, 0.4) is 0 Å². The Morgan fingerprint density at radius 2 is 2.00 bits per heavy atom. The Hall–Kier alpha value is -0.740. The quantitative estimate of drug-likeness (QED) is 0.488. The smallest absolute Gasteiger partial charge is 0.405 e. The van der Waals surface area contributed by atoms with Crippen LogP contribution >= 0.6 is 0 Å². The van der Waals surface area contributed by atoms with Gasteiger partial charge in [0, 0.05) is 0 Å². The standard InChI is InChI=1S/C5H5F3O2/c1-2-3(4(9)10-2)5(6,7)8/h2-3H,1H3. The lowest BCUT2D eigenvalue weighted by atomic mass is 9.98. The number of carbonyl (C=O) groups is 1. The fraction of sp³-hybridized carbons (Fsp3) is 0.800. The van der Waals surface area contributed by atoms with Gasteiger partial charge in [-0.2, -0.15) is 13.2 Å². The third-order valence-corrected chi connectivity index (χ3v) is 1.38. The maximum atomic E-state index is 11.7. The molecule has 2 atom stereocenters. The van der Waals surface area contributed by atoms with Crippen molar-refractivity contribution in [2.75, 3.05) is 0 Å². The van der Waals surface area contributed by atoms with Crippen LogP contribution < -0.4 is 0 Å². The Morgan fingerprint density at radius 3 is 2.10 bits per heavy atom. The number of halogens is 3. The number of ether oxygens (including phenoxy) is 1. The second-order valence-corrected chi connectivity index (χ2v) is 2.16. The van der Waals surface area contributed by atoms with Crippen molar-refractivity contribution < 1.29 is 22.7 Å². The molecule has 0 bridgehead atoms. The molecule has 0 aromatic carbocycles. The topological polar surface area (TPSA) is 26.3 Å². The molecule has 0 amide bonds. The number of rotatable bonds is 0. The summed E-state index contributed by atoms with van der Waals surface area (Å²) in [5.74, 6) is -3.06. The first kappa shape index (κ1) is 7.37. The number of hydrogen-bond acceptors (Lipinski definition) is 2. The molecule has 0 saturated carbocycles. The van der Waals surface area contributed by atoms with E-state index in [1.807, 2.05) is 0 Å². The minimum absolute atomic E-state index is 1.01. The van der Waals surface area contributed by atoms with Crippen LogP contribution in [0, 0.1) is 5.92 Å². The lowest BCUT2D eigenvalue weighted by Gasteiger charge is -2.33. The molecule has 0 aromatic rings. The number of alkyl halides is 3. The van der Waals surface area contributed by atoms with Gasteiger partial charge in [0.2, 0.25) is 0 Å². The van der Waals surface area contributed by atoms with Crippen molar-refractivity contribution in [1.82, 2.24) is 0 Å². The number of hydrogen-bond donors (Lipinski definition) is 0. The van der Waals surface area contributed by atoms with Gasteiger partial charge in [-0.1, -0.05) is 0 Å². The molecular formula is C5H5F3O2. The van der Waals surface area contributed by atoms with Gasteiger partial charge >= 0.3 is 12.1 Å². The monoisotopic (exact) mass is 154 g/mol. The summed E-state index contributed by atoms with van der Waals surface area (Å²) >= 11 is 0. The molecule has 1 saturated heterocycles. The zero-order chi connectivity index (χ0) is 7.94. The molecule has 5 heteroatoms. The largest absolute Gasteiger partial charge is 0.461 e. The molecule has 0 N–H and O–H groups in total. The van der Waals surface area contributed by atoms with Gasteiger partial charge in [0.25, 0.3) is 0 Å². The highest BCUT2D eigenvalue weighted by Crippen LogP contribution is 2.37. The van der Waals surface area contributed by atoms with E-state index in [0.717, 1.165) is 0 Å². The molecule has 0 aromatic heterocycles. The summed E-state index contributed by atoms with van der Waals surface area (Å²) < 4.78 is 39.2. The van der Waals surface area contributed by atoms with Crippen LogP contribution in [0.15, 0.2) is 0 Å². The minimum Gasteiger partial charge on any atom is -0.461 e. The van der Waals surface area contributed by atoms with Crippen molar-refractivity contribution in [1.29, 1.82) is 0 Å². The molecular weight excluding hydrogens is 149 g/mol. The fourth-order valence-electron chi connectivity index (χ4n) is 0.844. The molecule has 58 valence electrons. The third kappa shape index (κ3) is 0.955. The number of carbonyl (C=O) groups excluding carboxylic acids is 1. The average Bonchev–Trinajstić information content (AvgIpc) is 1.58. The summed E-state index contributed by atoms with van der Waals surface area (Å²) in [4.78, 5) is 10.1. The average molecular weight is 154 g/mol. The molecule has 1 fully saturated rings. The van der Waals surface area contributed by atoms with Crippen molar-refractivity contribution in [3.63, 3.8) is 0 Å². The summed E-state index contributed by atoms with van der Waals surface area (Å²) in [5, 5.41) is 0. The van der Waals surface area contributed by atoms with Gasteiger partial charge < -0.3 is 4.74 Å². The zero-order valence-electron chi connectivity index (χ0n) is 5.11. The van der Waals surface area contributed by atoms with Crippen LogP contribution in [-0.2, 0) is 9.53 Å². The molecule has 1 aliphatic heterocycles. The molecule has 0 radical (unpaired) electrons.